The maximum atomic E-state index is 13.8. The van der Waals surface area contributed by atoms with Crippen LogP contribution in [0, 0.1) is 5.82 Å². The molecule has 4 heteroatoms. The van der Waals surface area contributed by atoms with Crippen LogP contribution in [0.2, 0.25) is 5.02 Å². The Balaban J connectivity index is 1.81. The molecule has 2 unspecified atom stereocenters. The van der Waals surface area contributed by atoms with Crippen LogP contribution in [0.1, 0.15) is 22.6 Å². The van der Waals surface area contributed by atoms with Crippen LogP contribution in [0.3, 0.4) is 0 Å². The van der Waals surface area contributed by atoms with Crippen LogP contribution < -0.4 is 11.3 Å². The summed E-state index contributed by atoms with van der Waals surface area (Å²) in [6, 6.07) is 12.9. The van der Waals surface area contributed by atoms with E-state index in [0.29, 0.717) is 22.9 Å². The van der Waals surface area contributed by atoms with Gasteiger partial charge in [0.05, 0.1) is 0 Å². The van der Waals surface area contributed by atoms with E-state index in [1.54, 1.807) is 12.1 Å². The van der Waals surface area contributed by atoms with Gasteiger partial charge >= 0.3 is 0 Å². The minimum absolute atomic E-state index is 0.0119. The first kappa shape index (κ1) is 13.6. The molecule has 3 N–H and O–H groups in total. The second-order valence-corrected chi connectivity index (χ2v) is 5.66. The lowest BCUT2D eigenvalue weighted by molar-refractivity contribution is 0.399. The molecule has 0 radical (unpaired) electrons. The molecule has 0 aliphatic heterocycles. The minimum Gasteiger partial charge on any atom is -0.271 e. The molecule has 0 aromatic heterocycles. The van der Waals surface area contributed by atoms with Gasteiger partial charge in [-0.25, -0.2) is 4.39 Å². The molecule has 0 fully saturated rings. The summed E-state index contributed by atoms with van der Waals surface area (Å²) in [5.41, 5.74) is 6.09. The molecule has 2 aromatic rings. The lowest BCUT2D eigenvalue weighted by Gasteiger charge is -2.36. The zero-order valence-electron chi connectivity index (χ0n) is 10.9. The summed E-state index contributed by atoms with van der Waals surface area (Å²) < 4.78 is 13.8. The molecular weight excluding hydrogens is 275 g/mol. The fourth-order valence-electron chi connectivity index (χ4n) is 2.91. The van der Waals surface area contributed by atoms with Crippen LogP contribution >= 0.6 is 11.6 Å². The van der Waals surface area contributed by atoms with Crippen LogP contribution in [-0.4, -0.2) is 6.04 Å². The van der Waals surface area contributed by atoms with Gasteiger partial charge in [0.1, 0.15) is 5.82 Å². The summed E-state index contributed by atoms with van der Waals surface area (Å²) in [6.07, 6.45) is 1.51. The van der Waals surface area contributed by atoms with E-state index in [9.17, 15) is 4.39 Å². The van der Waals surface area contributed by atoms with E-state index in [0.717, 1.165) is 6.42 Å². The smallest absolute Gasteiger partial charge is 0.126 e. The summed E-state index contributed by atoms with van der Waals surface area (Å²) in [5.74, 6) is 5.77. The lowest BCUT2D eigenvalue weighted by Crippen LogP contribution is -2.45. The standard InChI is InChI=1S/C16H16ClFN2/c17-12-5-6-15(18)11(7-12)9-16(20-19)14-8-10-3-1-2-4-13(10)14/h1-7,14,16,20H,8-9,19H2. The Morgan fingerprint density at radius 1 is 1.30 bits per heavy atom. The van der Waals surface area contributed by atoms with Crippen molar-refractivity contribution in [3.8, 4) is 0 Å². The van der Waals surface area contributed by atoms with Crippen molar-refractivity contribution >= 4 is 11.6 Å². The molecular formula is C16H16ClFN2. The number of hydrazine groups is 1. The highest BCUT2D eigenvalue weighted by Crippen LogP contribution is 2.38. The number of nitrogens with one attached hydrogen (secondary N) is 1. The molecule has 0 bridgehead atoms. The first-order valence-corrected chi connectivity index (χ1v) is 7.04. The van der Waals surface area contributed by atoms with Gasteiger partial charge in [0.2, 0.25) is 0 Å². The minimum atomic E-state index is -0.234. The van der Waals surface area contributed by atoms with Crippen molar-refractivity contribution in [3.63, 3.8) is 0 Å². The van der Waals surface area contributed by atoms with Gasteiger partial charge in [0, 0.05) is 17.0 Å². The normalized spacial score (nSPS) is 18.2. The molecule has 0 heterocycles. The number of rotatable bonds is 4. The molecule has 1 aliphatic rings. The van der Waals surface area contributed by atoms with Crippen LogP contribution in [-0.2, 0) is 12.8 Å². The SMILES string of the molecule is NNC(Cc1cc(Cl)ccc1F)C1Cc2ccccc21. The number of fused-ring (bicyclic) bond motifs is 1. The fraction of sp³-hybridized carbons (Fsp3) is 0.250. The van der Waals surface area contributed by atoms with Gasteiger partial charge in [-0.15, -0.1) is 0 Å². The maximum absolute atomic E-state index is 13.8. The lowest BCUT2D eigenvalue weighted by atomic mass is 9.72. The van der Waals surface area contributed by atoms with Crippen molar-refractivity contribution in [1.29, 1.82) is 0 Å². The Morgan fingerprint density at radius 2 is 2.10 bits per heavy atom. The second kappa shape index (κ2) is 5.52. The predicted octanol–water partition coefficient (Wildman–Crippen LogP) is 3.19. The summed E-state index contributed by atoms with van der Waals surface area (Å²) in [7, 11) is 0. The van der Waals surface area contributed by atoms with Crippen LogP contribution in [0.15, 0.2) is 42.5 Å². The molecule has 1 aliphatic carbocycles. The molecule has 2 aromatic carbocycles. The van der Waals surface area contributed by atoms with Crippen LogP contribution in [0.4, 0.5) is 4.39 Å². The number of hydrogen-bond donors (Lipinski definition) is 2. The van der Waals surface area contributed by atoms with Crippen LogP contribution in [0.25, 0.3) is 0 Å². The predicted molar refractivity (Wildman–Crippen MR) is 79.1 cm³/mol. The van der Waals surface area contributed by atoms with Crippen molar-refractivity contribution in [2.75, 3.05) is 0 Å². The van der Waals surface area contributed by atoms with Gasteiger partial charge in [-0.05, 0) is 47.7 Å². The third-order valence-corrected chi connectivity index (χ3v) is 4.28. The van der Waals surface area contributed by atoms with Gasteiger partial charge in [-0.3, -0.25) is 11.3 Å². The van der Waals surface area contributed by atoms with E-state index in [1.807, 2.05) is 12.1 Å². The number of halogens is 2. The van der Waals surface area contributed by atoms with E-state index in [-0.39, 0.29) is 11.9 Å². The average molecular weight is 291 g/mol. The first-order valence-electron chi connectivity index (χ1n) is 6.67. The van der Waals surface area contributed by atoms with Gasteiger partial charge in [-0.1, -0.05) is 35.9 Å². The van der Waals surface area contributed by atoms with Crippen LogP contribution in [0.5, 0.6) is 0 Å². The third-order valence-electron chi connectivity index (χ3n) is 4.04. The molecule has 0 amide bonds. The highest BCUT2D eigenvalue weighted by atomic mass is 35.5. The molecule has 0 saturated heterocycles. The Kier molecular flexibility index (Phi) is 3.74. The number of benzene rings is 2. The van der Waals surface area contributed by atoms with Crippen molar-refractivity contribution in [1.82, 2.24) is 5.43 Å². The van der Waals surface area contributed by atoms with E-state index < -0.39 is 0 Å². The second-order valence-electron chi connectivity index (χ2n) is 5.22. The van der Waals surface area contributed by atoms with E-state index in [4.69, 9.17) is 17.4 Å². The summed E-state index contributed by atoms with van der Waals surface area (Å²) in [6.45, 7) is 0. The number of hydrogen-bond acceptors (Lipinski definition) is 2. The van der Waals surface area contributed by atoms with Crippen molar-refractivity contribution in [2.45, 2.75) is 24.8 Å². The molecule has 104 valence electrons. The highest BCUT2D eigenvalue weighted by Gasteiger charge is 2.32. The molecule has 2 nitrogen and oxygen atoms in total. The maximum Gasteiger partial charge on any atom is 0.126 e. The van der Waals surface area contributed by atoms with Gasteiger partial charge < -0.3 is 0 Å². The van der Waals surface area contributed by atoms with Crippen molar-refractivity contribution in [2.24, 2.45) is 5.84 Å². The van der Waals surface area contributed by atoms with Gasteiger partial charge in [-0.2, -0.15) is 0 Å². The molecule has 0 spiro atoms. The molecule has 3 rings (SSSR count). The summed E-state index contributed by atoms with van der Waals surface area (Å²) >= 11 is 5.93. The van der Waals surface area contributed by atoms with Crippen molar-refractivity contribution in [3.05, 3.63) is 70.0 Å². The molecule has 0 saturated carbocycles. The quantitative estimate of drug-likeness (QED) is 0.670. The highest BCUT2D eigenvalue weighted by molar-refractivity contribution is 6.30. The van der Waals surface area contributed by atoms with E-state index >= 15 is 0 Å². The fourth-order valence-corrected chi connectivity index (χ4v) is 3.11. The van der Waals surface area contributed by atoms with Crippen molar-refractivity contribution < 1.29 is 4.39 Å². The Morgan fingerprint density at radius 3 is 2.85 bits per heavy atom. The van der Waals surface area contributed by atoms with Gasteiger partial charge in [0.15, 0.2) is 0 Å². The topological polar surface area (TPSA) is 38.0 Å². The zero-order chi connectivity index (χ0) is 14.1. The monoisotopic (exact) mass is 290 g/mol. The van der Waals surface area contributed by atoms with E-state index in [1.165, 1.54) is 17.2 Å². The molecule has 2 atom stereocenters. The zero-order valence-corrected chi connectivity index (χ0v) is 11.7. The number of nitrogens with two attached hydrogens (primary N) is 1. The van der Waals surface area contributed by atoms with E-state index in [2.05, 4.69) is 17.6 Å². The Labute approximate surface area is 122 Å². The Bertz CT molecular complexity index is 630. The third kappa shape index (κ3) is 2.44. The Hall–Kier alpha value is -1.42. The van der Waals surface area contributed by atoms with Gasteiger partial charge in [0.25, 0.3) is 0 Å². The largest absolute Gasteiger partial charge is 0.271 e. The molecule has 20 heavy (non-hydrogen) atoms. The summed E-state index contributed by atoms with van der Waals surface area (Å²) in [5, 5.41) is 0.547. The first-order chi connectivity index (χ1) is 9.69. The summed E-state index contributed by atoms with van der Waals surface area (Å²) in [4.78, 5) is 0. The average Bonchev–Trinajstić information content (AvgIpc) is 2.43.